The van der Waals surface area contributed by atoms with Crippen molar-refractivity contribution in [3.8, 4) is 5.75 Å². The van der Waals surface area contributed by atoms with Gasteiger partial charge in [0, 0.05) is 30.6 Å². The van der Waals surface area contributed by atoms with Gasteiger partial charge in [-0.05, 0) is 80.7 Å². The molecule has 2 aliphatic heterocycles. The van der Waals surface area contributed by atoms with Gasteiger partial charge < -0.3 is 10.1 Å². The monoisotopic (exact) mass is 519 g/mol. The molecule has 0 bridgehead atoms. The number of benzene rings is 2. The first-order chi connectivity index (χ1) is 16.9. The van der Waals surface area contributed by atoms with Crippen LogP contribution in [-0.2, 0) is 21.4 Å². The van der Waals surface area contributed by atoms with E-state index >= 15 is 0 Å². The molecule has 2 saturated heterocycles. The normalized spacial score (nSPS) is 18.3. The number of carbonyl (C=O) groups is 1. The van der Waals surface area contributed by atoms with Crippen LogP contribution < -0.4 is 10.1 Å². The number of rotatable bonds is 9. The number of carbonyl (C=O) groups excluding carboxylic acids is 1. The van der Waals surface area contributed by atoms with E-state index in [0.29, 0.717) is 36.9 Å². The van der Waals surface area contributed by atoms with Gasteiger partial charge in [-0.3, -0.25) is 9.69 Å². The Kier molecular flexibility index (Phi) is 9.05. The van der Waals surface area contributed by atoms with Crippen LogP contribution in [0.25, 0.3) is 0 Å². The maximum Gasteiger partial charge on any atom is 0.243 e. The number of ether oxygens (including phenoxy) is 1. The predicted molar refractivity (Wildman–Crippen MR) is 137 cm³/mol. The fraction of sp³-hybridized carbons (Fsp3) is 0.500. The quantitative estimate of drug-likeness (QED) is 0.508. The average molecular weight is 520 g/mol. The van der Waals surface area contributed by atoms with Gasteiger partial charge in [-0.1, -0.05) is 30.2 Å². The van der Waals surface area contributed by atoms with Crippen molar-refractivity contribution in [2.45, 2.75) is 43.5 Å². The van der Waals surface area contributed by atoms with E-state index in [9.17, 15) is 13.2 Å². The molecule has 9 heteroatoms. The molecule has 0 aromatic heterocycles. The topological polar surface area (TPSA) is 78.9 Å². The van der Waals surface area contributed by atoms with Gasteiger partial charge in [-0.2, -0.15) is 4.31 Å². The van der Waals surface area contributed by atoms with E-state index in [-0.39, 0.29) is 11.8 Å². The van der Waals surface area contributed by atoms with Gasteiger partial charge in [0.05, 0.1) is 11.4 Å². The molecular weight excluding hydrogens is 486 g/mol. The SMILES string of the molecule is O=C(NCCOc1ccc(S(=O)(=O)N2CCCCC2)cc1)C1CCN(Cc2ccc(Cl)cc2)CC1. The minimum absolute atomic E-state index is 0.0238. The number of sulfonamides is 1. The first-order valence-electron chi connectivity index (χ1n) is 12.4. The summed E-state index contributed by atoms with van der Waals surface area (Å²) in [5, 5.41) is 3.71. The second-order valence-corrected chi connectivity index (χ2v) is 11.6. The van der Waals surface area contributed by atoms with E-state index in [1.54, 1.807) is 28.6 Å². The van der Waals surface area contributed by atoms with Gasteiger partial charge in [0.2, 0.25) is 15.9 Å². The van der Waals surface area contributed by atoms with Crippen LogP contribution in [0.4, 0.5) is 0 Å². The van der Waals surface area contributed by atoms with Crippen LogP contribution in [0.3, 0.4) is 0 Å². The van der Waals surface area contributed by atoms with Crippen LogP contribution in [0.1, 0.15) is 37.7 Å². The van der Waals surface area contributed by atoms with Crippen molar-refractivity contribution in [3.63, 3.8) is 0 Å². The zero-order valence-electron chi connectivity index (χ0n) is 20.0. The van der Waals surface area contributed by atoms with Crippen LogP contribution >= 0.6 is 11.6 Å². The Hall–Kier alpha value is -2.13. The lowest BCUT2D eigenvalue weighted by Gasteiger charge is -2.31. The molecule has 2 heterocycles. The molecule has 190 valence electrons. The van der Waals surface area contributed by atoms with Gasteiger partial charge >= 0.3 is 0 Å². The number of halogens is 1. The Morgan fingerprint density at radius 3 is 2.26 bits per heavy atom. The number of likely N-dealkylation sites (tertiary alicyclic amines) is 1. The number of hydrogen-bond acceptors (Lipinski definition) is 5. The third-order valence-electron chi connectivity index (χ3n) is 6.72. The van der Waals surface area contributed by atoms with Gasteiger partial charge in [0.1, 0.15) is 12.4 Å². The molecule has 2 aromatic carbocycles. The summed E-state index contributed by atoms with van der Waals surface area (Å²) in [5.74, 6) is 0.686. The molecule has 2 aromatic rings. The van der Waals surface area contributed by atoms with E-state index in [2.05, 4.69) is 10.2 Å². The molecule has 1 amide bonds. The lowest BCUT2D eigenvalue weighted by Crippen LogP contribution is -2.41. The van der Waals surface area contributed by atoms with Crippen molar-refractivity contribution in [1.82, 2.24) is 14.5 Å². The second kappa shape index (κ2) is 12.2. The molecule has 2 fully saturated rings. The minimum atomic E-state index is -3.44. The molecular formula is C26H34ClN3O4S. The maximum absolute atomic E-state index is 12.7. The maximum atomic E-state index is 12.7. The highest BCUT2D eigenvalue weighted by molar-refractivity contribution is 7.89. The summed E-state index contributed by atoms with van der Waals surface area (Å²) in [6.07, 6.45) is 4.59. The molecule has 1 N–H and O–H groups in total. The smallest absolute Gasteiger partial charge is 0.243 e. The first kappa shape index (κ1) is 25.9. The molecule has 0 spiro atoms. The summed E-state index contributed by atoms with van der Waals surface area (Å²) in [6.45, 7) is 4.58. The number of amides is 1. The lowest BCUT2D eigenvalue weighted by atomic mass is 9.95. The summed E-state index contributed by atoms with van der Waals surface area (Å²) in [5.41, 5.74) is 1.23. The van der Waals surface area contributed by atoms with Crippen molar-refractivity contribution in [1.29, 1.82) is 0 Å². The zero-order chi connectivity index (χ0) is 24.7. The molecule has 0 saturated carbocycles. The van der Waals surface area contributed by atoms with Crippen molar-refractivity contribution in [2.75, 3.05) is 39.3 Å². The van der Waals surface area contributed by atoms with Gasteiger partial charge in [0.25, 0.3) is 0 Å². The number of nitrogens with zero attached hydrogens (tertiary/aromatic N) is 2. The fourth-order valence-electron chi connectivity index (χ4n) is 4.65. The molecule has 4 rings (SSSR count). The lowest BCUT2D eigenvalue weighted by molar-refractivity contribution is -0.126. The Bertz CT molecular complexity index is 1060. The summed E-state index contributed by atoms with van der Waals surface area (Å²) in [7, 11) is -3.44. The summed E-state index contributed by atoms with van der Waals surface area (Å²) < 4.78 is 32.7. The van der Waals surface area contributed by atoms with Gasteiger partial charge in [-0.25, -0.2) is 8.42 Å². The summed E-state index contributed by atoms with van der Waals surface area (Å²) in [4.78, 5) is 15.2. The Morgan fingerprint density at radius 2 is 1.60 bits per heavy atom. The van der Waals surface area contributed by atoms with Crippen LogP contribution in [0.2, 0.25) is 5.02 Å². The molecule has 0 unspecified atom stereocenters. The largest absolute Gasteiger partial charge is 0.492 e. The molecule has 2 aliphatic rings. The van der Waals surface area contributed by atoms with Crippen molar-refractivity contribution in [2.24, 2.45) is 5.92 Å². The van der Waals surface area contributed by atoms with E-state index in [0.717, 1.165) is 56.8 Å². The third kappa shape index (κ3) is 7.19. The van der Waals surface area contributed by atoms with Crippen LogP contribution in [0.15, 0.2) is 53.4 Å². The average Bonchev–Trinajstić information content (AvgIpc) is 2.89. The summed E-state index contributed by atoms with van der Waals surface area (Å²) >= 11 is 5.95. The summed E-state index contributed by atoms with van der Waals surface area (Å²) in [6, 6.07) is 14.4. The fourth-order valence-corrected chi connectivity index (χ4v) is 6.29. The molecule has 0 radical (unpaired) electrons. The predicted octanol–water partition coefficient (Wildman–Crippen LogP) is 3.92. The highest BCUT2D eigenvalue weighted by Crippen LogP contribution is 2.23. The molecule has 0 atom stereocenters. The Balaban J connectivity index is 1.15. The number of piperidine rings is 2. The van der Waals surface area contributed by atoms with Crippen molar-refractivity contribution < 1.29 is 17.9 Å². The van der Waals surface area contributed by atoms with Crippen molar-refractivity contribution in [3.05, 3.63) is 59.1 Å². The Morgan fingerprint density at radius 1 is 0.943 bits per heavy atom. The minimum Gasteiger partial charge on any atom is -0.492 e. The van der Waals surface area contributed by atoms with E-state index < -0.39 is 10.0 Å². The van der Waals surface area contributed by atoms with Gasteiger partial charge in [-0.15, -0.1) is 0 Å². The second-order valence-electron chi connectivity index (χ2n) is 9.25. The van der Waals surface area contributed by atoms with Crippen LogP contribution in [-0.4, -0.2) is 62.9 Å². The zero-order valence-corrected chi connectivity index (χ0v) is 21.6. The first-order valence-corrected chi connectivity index (χ1v) is 14.2. The highest BCUT2D eigenvalue weighted by atomic mass is 35.5. The Labute approximate surface area is 213 Å². The molecule has 35 heavy (non-hydrogen) atoms. The van der Waals surface area contributed by atoms with Crippen molar-refractivity contribution >= 4 is 27.5 Å². The van der Waals surface area contributed by atoms with E-state index in [1.807, 2.05) is 24.3 Å². The van der Waals surface area contributed by atoms with E-state index in [4.69, 9.17) is 16.3 Å². The number of nitrogens with one attached hydrogen (secondary N) is 1. The van der Waals surface area contributed by atoms with Crippen LogP contribution in [0.5, 0.6) is 5.75 Å². The number of hydrogen-bond donors (Lipinski definition) is 1. The van der Waals surface area contributed by atoms with E-state index in [1.165, 1.54) is 5.56 Å². The van der Waals surface area contributed by atoms with Crippen LogP contribution in [0, 0.1) is 5.92 Å². The molecule has 0 aliphatic carbocycles. The molecule has 7 nitrogen and oxygen atoms in total. The third-order valence-corrected chi connectivity index (χ3v) is 8.89. The standard InChI is InChI=1S/C26H34ClN3O4S/c27-23-6-4-21(5-7-23)20-29-17-12-22(13-18-29)26(31)28-14-19-34-24-8-10-25(11-9-24)35(32,33)30-15-2-1-3-16-30/h4-11,22H,1-3,12-20H2,(H,28,31). The van der Waals surface area contributed by atoms with Gasteiger partial charge in [0.15, 0.2) is 0 Å². The highest BCUT2D eigenvalue weighted by Gasteiger charge is 2.26.